The van der Waals surface area contributed by atoms with Crippen LogP contribution < -0.4 is 0 Å². The lowest BCUT2D eigenvalue weighted by atomic mass is 10.1. The summed E-state index contributed by atoms with van der Waals surface area (Å²) in [6.45, 7) is 8.01. The molecule has 11 heavy (non-hydrogen) atoms. The zero-order chi connectivity index (χ0) is 8.85. The lowest BCUT2D eigenvalue weighted by Gasteiger charge is -2.05. The van der Waals surface area contributed by atoms with Crippen molar-refractivity contribution in [2.45, 2.75) is 40.2 Å². The maximum Gasteiger partial charge on any atom is 0.0760 e. The van der Waals surface area contributed by atoms with Gasteiger partial charge in [-0.05, 0) is 34.1 Å². The first-order valence-electron chi connectivity index (χ1n) is 4.01. The van der Waals surface area contributed by atoms with Gasteiger partial charge in [-0.3, -0.25) is 0 Å². The molecule has 0 spiro atoms. The minimum atomic E-state index is -0.309. The molecule has 0 aliphatic rings. The molecule has 0 saturated carbocycles. The fourth-order valence-electron chi connectivity index (χ4n) is 0.891. The van der Waals surface area contributed by atoms with Crippen LogP contribution in [0.4, 0.5) is 0 Å². The van der Waals surface area contributed by atoms with E-state index in [2.05, 4.69) is 0 Å². The zero-order valence-electron chi connectivity index (χ0n) is 7.89. The van der Waals surface area contributed by atoms with Crippen LogP contribution in [0.5, 0.6) is 0 Å². The molecule has 0 heterocycles. The molecule has 64 valence electrons. The summed E-state index contributed by atoms with van der Waals surface area (Å²) in [6, 6.07) is 0. The largest absolute Gasteiger partial charge is 0.389 e. The smallest absolute Gasteiger partial charge is 0.0760 e. The highest BCUT2D eigenvalue weighted by atomic mass is 16.3. The van der Waals surface area contributed by atoms with Crippen molar-refractivity contribution >= 4 is 0 Å². The van der Waals surface area contributed by atoms with E-state index in [9.17, 15) is 5.11 Å². The van der Waals surface area contributed by atoms with Gasteiger partial charge in [-0.2, -0.15) is 0 Å². The molecule has 1 N–H and O–H groups in total. The first kappa shape index (κ1) is 10.4. The molecule has 0 radical (unpaired) electrons. The van der Waals surface area contributed by atoms with Gasteiger partial charge < -0.3 is 5.11 Å². The summed E-state index contributed by atoms with van der Waals surface area (Å²) in [7, 11) is 0. The van der Waals surface area contributed by atoms with Gasteiger partial charge in [-0.15, -0.1) is 0 Å². The molecule has 0 rings (SSSR count). The minimum Gasteiger partial charge on any atom is -0.389 e. The second kappa shape index (κ2) is 5.14. The summed E-state index contributed by atoms with van der Waals surface area (Å²) in [4.78, 5) is 0. The van der Waals surface area contributed by atoms with E-state index in [0.717, 1.165) is 6.42 Å². The van der Waals surface area contributed by atoms with Gasteiger partial charge in [0.25, 0.3) is 0 Å². The molecule has 1 heteroatoms. The third-order valence-corrected chi connectivity index (χ3v) is 1.55. The van der Waals surface area contributed by atoms with Gasteiger partial charge in [-0.25, -0.2) is 0 Å². The van der Waals surface area contributed by atoms with Gasteiger partial charge in [0.05, 0.1) is 6.10 Å². The first-order chi connectivity index (χ1) is 5.06. The van der Waals surface area contributed by atoms with Crippen molar-refractivity contribution in [1.29, 1.82) is 0 Å². The summed E-state index contributed by atoms with van der Waals surface area (Å²) >= 11 is 0. The van der Waals surface area contributed by atoms with E-state index >= 15 is 0 Å². The van der Waals surface area contributed by atoms with Gasteiger partial charge >= 0.3 is 0 Å². The molecule has 0 aromatic heterocycles. The molecule has 0 aliphatic carbocycles. The Morgan fingerprint density at radius 2 is 1.91 bits per heavy atom. The summed E-state index contributed by atoms with van der Waals surface area (Å²) < 4.78 is 0. The Morgan fingerprint density at radius 3 is 2.27 bits per heavy atom. The van der Waals surface area contributed by atoms with E-state index in [0.29, 0.717) is 0 Å². The molecule has 1 nitrogen and oxygen atoms in total. The van der Waals surface area contributed by atoms with E-state index in [1.165, 1.54) is 11.1 Å². The lowest BCUT2D eigenvalue weighted by molar-refractivity contribution is 0.222. The molecular formula is C10H18O. The summed E-state index contributed by atoms with van der Waals surface area (Å²) in [5.74, 6) is 0. The first-order valence-corrected chi connectivity index (χ1v) is 4.01. The Balaban J connectivity index is 3.88. The second-order valence-electron chi connectivity index (χ2n) is 3.15. The van der Waals surface area contributed by atoms with Crippen molar-refractivity contribution < 1.29 is 5.11 Å². The van der Waals surface area contributed by atoms with E-state index in [-0.39, 0.29) is 6.10 Å². The summed E-state index contributed by atoms with van der Waals surface area (Å²) in [5, 5.41) is 9.40. The fraction of sp³-hybridized carbons (Fsp3) is 0.600. The fourth-order valence-corrected chi connectivity index (χ4v) is 0.891. The topological polar surface area (TPSA) is 20.2 Å². The van der Waals surface area contributed by atoms with Crippen molar-refractivity contribution in [2.75, 3.05) is 0 Å². The maximum atomic E-state index is 9.40. The van der Waals surface area contributed by atoms with Crippen LogP contribution in [0.2, 0.25) is 0 Å². The Hall–Kier alpha value is -0.560. The number of aliphatic hydroxyl groups is 1. The van der Waals surface area contributed by atoms with E-state index in [4.69, 9.17) is 0 Å². The predicted molar refractivity (Wildman–Crippen MR) is 49.5 cm³/mol. The van der Waals surface area contributed by atoms with Gasteiger partial charge in [0.1, 0.15) is 0 Å². The normalized spacial score (nSPS) is 14.5. The minimum absolute atomic E-state index is 0.309. The van der Waals surface area contributed by atoms with Crippen molar-refractivity contribution in [3.63, 3.8) is 0 Å². The quantitative estimate of drug-likeness (QED) is 0.620. The van der Waals surface area contributed by atoms with Crippen molar-refractivity contribution in [2.24, 2.45) is 0 Å². The van der Waals surface area contributed by atoms with E-state index in [1.807, 2.05) is 39.8 Å². The van der Waals surface area contributed by atoms with Crippen LogP contribution in [-0.4, -0.2) is 11.2 Å². The Bertz CT molecular complexity index is 162. The Labute approximate surface area is 69.4 Å². The van der Waals surface area contributed by atoms with Crippen LogP contribution in [0.1, 0.15) is 34.1 Å². The van der Waals surface area contributed by atoms with Crippen LogP contribution in [0.25, 0.3) is 0 Å². The van der Waals surface area contributed by atoms with E-state index in [1.54, 1.807) is 0 Å². The maximum absolute atomic E-state index is 9.40. The van der Waals surface area contributed by atoms with Crippen LogP contribution in [0.15, 0.2) is 23.3 Å². The Morgan fingerprint density at radius 1 is 1.36 bits per heavy atom. The highest BCUT2D eigenvalue weighted by Crippen LogP contribution is 2.06. The molecule has 0 aromatic carbocycles. The number of allylic oxidation sites excluding steroid dienone is 2. The Kier molecular flexibility index (Phi) is 4.88. The zero-order valence-corrected chi connectivity index (χ0v) is 7.89. The summed E-state index contributed by atoms with van der Waals surface area (Å²) in [6.07, 6.45) is 4.35. The lowest BCUT2D eigenvalue weighted by Crippen LogP contribution is -2.02. The average Bonchev–Trinajstić information content (AvgIpc) is 1.85. The van der Waals surface area contributed by atoms with Crippen molar-refractivity contribution in [3.05, 3.63) is 23.3 Å². The van der Waals surface area contributed by atoms with Crippen LogP contribution in [0, 0.1) is 0 Å². The second-order valence-corrected chi connectivity index (χ2v) is 3.15. The third-order valence-electron chi connectivity index (χ3n) is 1.55. The molecule has 0 saturated heterocycles. The predicted octanol–water partition coefficient (Wildman–Crippen LogP) is 2.67. The standard InChI is InChI=1S/C10H18O/c1-5-9(4)7-10(11)6-8(2)3/h5-6,10-11H,7H2,1-4H3/b9-5+. The number of rotatable bonds is 3. The van der Waals surface area contributed by atoms with Crippen LogP contribution in [-0.2, 0) is 0 Å². The van der Waals surface area contributed by atoms with Crippen molar-refractivity contribution in [3.8, 4) is 0 Å². The third kappa shape index (κ3) is 5.86. The molecule has 1 atom stereocenters. The molecular weight excluding hydrogens is 136 g/mol. The molecule has 1 unspecified atom stereocenters. The highest BCUT2D eigenvalue weighted by Gasteiger charge is 1.99. The van der Waals surface area contributed by atoms with Gasteiger partial charge in [0.15, 0.2) is 0 Å². The summed E-state index contributed by atoms with van der Waals surface area (Å²) in [5.41, 5.74) is 2.40. The van der Waals surface area contributed by atoms with Crippen molar-refractivity contribution in [1.82, 2.24) is 0 Å². The number of hydrogen-bond donors (Lipinski definition) is 1. The monoisotopic (exact) mass is 154 g/mol. The molecule has 0 aliphatic heterocycles. The van der Waals surface area contributed by atoms with E-state index < -0.39 is 0 Å². The highest BCUT2D eigenvalue weighted by molar-refractivity contribution is 5.05. The average molecular weight is 154 g/mol. The molecule has 0 bridgehead atoms. The molecule has 0 fully saturated rings. The number of aliphatic hydroxyl groups excluding tert-OH is 1. The molecule has 0 aromatic rings. The van der Waals surface area contributed by atoms with Gasteiger partial charge in [0.2, 0.25) is 0 Å². The van der Waals surface area contributed by atoms with Crippen LogP contribution >= 0.6 is 0 Å². The van der Waals surface area contributed by atoms with Gasteiger partial charge in [0, 0.05) is 0 Å². The number of hydrogen-bond acceptors (Lipinski definition) is 1. The van der Waals surface area contributed by atoms with Gasteiger partial charge in [-0.1, -0.05) is 23.3 Å². The molecule has 0 amide bonds. The SMILES string of the molecule is C/C=C(\C)CC(O)C=C(C)C. The van der Waals surface area contributed by atoms with Crippen LogP contribution in [0.3, 0.4) is 0 Å².